The zero-order chi connectivity index (χ0) is 12.9. The van der Waals surface area contributed by atoms with Crippen LogP contribution in [0.15, 0.2) is 30.3 Å². The molecule has 1 aromatic carbocycles. The van der Waals surface area contributed by atoms with Gasteiger partial charge < -0.3 is 14.2 Å². The van der Waals surface area contributed by atoms with E-state index in [1.807, 2.05) is 18.2 Å². The molecule has 1 aromatic rings. The number of methoxy groups -OCH3 is 3. The maximum Gasteiger partial charge on any atom is 0.175 e. The minimum Gasteiger partial charge on any atom is -0.381 e. The molecule has 0 amide bonds. The molecule has 3 nitrogen and oxygen atoms in total. The van der Waals surface area contributed by atoms with E-state index < -0.39 is 14.2 Å². The van der Waals surface area contributed by atoms with Crippen LogP contribution in [-0.4, -0.2) is 51.5 Å². The summed E-state index contributed by atoms with van der Waals surface area (Å²) in [5, 5.41) is 1.24. The summed E-state index contributed by atoms with van der Waals surface area (Å²) in [6.07, 6.45) is 0. The first kappa shape index (κ1) is 14.6. The highest BCUT2D eigenvalue weighted by atomic mass is 28.3. The van der Waals surface area contributed by atoms with Crippen LogP contribution in [0.25, 0.3) is 0 Å². The van der Waals surface area contributed by atoms with Crippen molar-refractivity contribution < 1.29 is 14.2 Å². The van der Waals surface area contributed by atoms with Crippen molar-refractivity contribution in [1.82, 2.24) is 0 Å². The molecule has 4 radical (unpaired) electrons. The molecular formula is C12H18O3Si2. The first-order valence-corrected chi connectivity index (χ1v) is 7.93. The Morgan fingerprint density at radius 2 is 1.65 bits per heavy atom. The molecule has 0 saturated carbocycles. The van der Waals surface area contributed by atoms with E-state index in [2.05, 4.69) is 28.9 Å². The summed E-state index contributed by atoms with van der Waals surface area (Å²) < 4.78 is 16.5. The van der Waals surface area contributed by atoms with Crippen molar-refractivity contribution in [3.8, 4) is 0 Å². The van der Waals surface area contributed by atoms with Crippen LogP contribution < -0.4 is 5.19 Å². The molecule has 0 spiro atoms. The van der Waals surface area contributed by atoms with E-state index in [-0.39, 0.29) is 5.73 Å². The highest BCUT2D eigenvalue weighted by Crippen LogP contribution is 2.21. The number of hydrogen-bond donors (Lipinski definition) is 0. The second-order valence-electron chi connectivity index (χ2n) is 3.68. The normalized spacial score (nSPS) is 14.0. The lowest BCUT2D eigenvalue weighted by Crippen LogP contribution is -2.62. The summed E-state index contributed by atoms with van der Waals surface area (Å²) >= 11 is 0. The Kier molecular flexibility index (Phi) is 5.55. The fourth-order valence-electron chi connectivity index (χ4n) is 1.84. The van der Waals surface area contributed by atoms with Gasteiger partial charge in [-0.05, 0) is 0 Å². The zero-order valence-corrected chi connectivity index (χ0v) is 12.7. The van der Waals surface area contributed by atoms with Gasteiger partial charge in [-0.15, -0.1) is 0 Å². The molecule has 0 aliphatic heterocycles. The van der Waals surface area contributed by atoms with Crippen molar-refractivity contribution in [2.24, 2.45) is 0 Å². The predicted molar refractivity (Wildman–Crippen MR) is 71.0 cm³/mol. The Morgan fingerprint density at radius 1 is 1.12 bits per heavy atom. The van der Waals surface area contributed by atoms with Crippen LogP contribution in [0.2, 0.25) is 6.55 Å². The summed E-state index contributed by atoms with van der Waals surface area (Å²) in [6.45, 7) is 2.15. The molecule has 0 N–H and O–H groups in total. The van der Waals surface area contributed by atoms with Gasteiger partial charge in [0.05, 0.1) is 16.0 Å². The number of rotatable bonds is 6. The average molecular weight is 266 g/mol. The molecule has 1 unspecified atom stereocenters. The largest absolute Gasteiger partial charge is 0.381 e. The average Bonchev–Trinajstić information content (AvgIpc) is 2.41. The molecule has 5 heteroatoms. The second kappa shape index (κ2) is 6.46. The van der Waals surface area contributed by atoms with Crippen molar-refractivity contribution in [3.05, 3.63) is 30.3 Å². The Bertz CT molecular complexity index is 328. The van der Waals surface area contributed by atoms with E-state index in [0.717, 1.165) is 0 Å². The van der Waals surface area contributed by atoms with Gasteiger partial charge in [0.2, 0.25) is 0 Å². The highest BCUT2D eigenvalue weighted by Gasteiger charge is 2.44. The topological polar surface area (TPSA) is 27.7 Å². The second-order valence-corrected chi connectivity index (χ2v) is 6.73. The molecule has 0 aliphatic carbocycles. The molecule has 0 fully saturated rings. The lowest BCUT2D eigenvalue weighted by Gasteiger charge is -2.39. The van der Waals surface area contributed by atoms with E-state index >= 15 is 0 Å². The van der Waals surface area contributed by atoms with Crippen molar-refractivity contribution >= 4 is 24.2 Å². The number of ether oxygens (including phenoxy) is 3. The Labute approximate surface area is 108 Å². The lowest BCUT2D eigenvalue weighted by atomic mass is 10.4. The van der Waals surface area contributed by atoms with Crippen molar-refractivity contribution in [1.29, 1.82) is 0 Å². The predicted octanol–water partition coefficient (Wildman–Crippen LogP) is 0.687. The Balaban J connectivity index is 3.07. The van der Waals surface area contributed by atoms with E-state index in [4.69, 9.17) is 14.2 Å². The summed E-state index contributed by atoms with van der Waals surface area (Å²) in [7, 11) is 7.35. The van der Waals surface area contributed by atoms with Crippen LogP contribution in [0.5, 0.6) is 0 Å². The number of benzene rings is 1. The maximum atomic E-state index is 5.61. The van der Waals surface area contributed by atoms with E-state index in [1.54, 1.807) is 21.3 Å². The van der Waals surface area contributed by atoms with E-state index in [0.29, 0.717) is 0 Å². The molecule has 0 saturated heterocycles. The third-order valence-electron chi connectivity index (χ3n) is 2.92. The SMILES string of the molecule is COC([Si])C(OC)(OC)[Si](C)c1ccccc1. The van der Waals surface area contributed by atoms with Gasteiger partial charge in [0.15, 0.2) is 14.2 Å². The molecule has 0 aromatic heterocycles. The van der Waals surface area contributed by atoms with Crippen LogP contribution in [0.3, 0.4) is 0 Å². The highest BCUT2D eigenvalue weighted by molar-refractivity contribution is 6.75. The fraction of sp³-hybridized carbons (Fsp3) is 0.500. The van der Waals surface area contributed by atoms with Gasteiger partial charge in [-0.1, -0.05) is 42.1 Å². The minimum absolute atomic E-state index is 0.309. The molecule has 92 valence electrons. The van der Waals surface area contributed by atoms with Crippen LogP contribution in [0.1, 0.15) is 0 Å². The molecule has 1 rings (SSSR count). The Hall–Kier alpha value is -0.466. The van der Waals surface area contributed by atoms with Crippen LogP contribution in [0.4, 0.5) is 0 Å². The maximum absolute atomic E-state index is 5.61. The third kappa shape index (κ3) is 2.86. The number of hydrogen-bond acceptors (Lipinski definition) is 3. The van der Waals surface area contributed by atoms with Gasteiger partial charge >= 0.3 is 0 Å². The van der Waals surface area contributed by atoms with Crippen LogP contribution in [0, 0.1) is 0 Å². The summed E-state index contributed by atoms with van der Waals surface area (Å²) in [5.41, 5.74) is -1.06. The molecule has 0 bridgehead atoms. The zero-order valence-electron chi connectivity index (χ0n) is 10.7. The minimum atomic E-state index is -1.10. The first-order valence-electron chi connectivity index (χ1n) is 5.36. The van der Waals surface area contributed by atoms with Crippen molar-refractivity contribution in [3.63, 3.8) is 0 Å². The summed E-state index contributed by atoms with van der Waals surface area (Å²) in [6, 6.07) is 10.2. The fourth-order valence-corrected chi connectivity index (χ4v) is 4.95. The molecular weight excluding hydrogens is 248 g/mol. The Morgan fingerprint density at radius 3 is 2.06 bits per heavy atom. The van der Waals surface area contributed by atoms with Crippen molar-refractivity contribution in [2.45, 2.75) is 17.7 Å². The van der Waals surface area contributed by atoms with E-state index in [9.17, 15) is 0 Å². The lowest BCUT2D eigenvalue weighted by molar-refractivity contribution is -0.189. The van der Waals surface area contributed by atoms with Gasteiger partial charge in [0, 0.05) is 21.3 Å². The van der Waals surface area contributed by atoms with Crippen LogP contribution >= 0.6 is 0 Å². The molecule has 0 heterocycles. The van der Waals surface area contributed by atoms with Crippen molar-refractivity contribution in [2.75, 3.05) is 21.3 Å². The van der Waals surface area contributed by atoms with E-state index in [1.165, 1.54) is 5.19 Å². The van der Waals surface area contributed by atoms with Gasteiger partial charge in [0.25, 0.3) is 0 Å². The summed E-state index contributed by atoms with van der Waals surface area (Å²) in [4.78, 5) is 0. The third-order valence-corrected chi connectivity index (χ3v) is 6.74. The first-order chi connectivity index (χ1) is 8.12. The standard InChI is InChI=1S/C12H18O3Si2/c1-13-11(16)12(14-2,15-3)17(4)10-8-6-5-7-9-10/h5-9,11H,1-4H3. The van der Waals surface area contributed by atoms with Gasteiger partial charge in [-0.3, -0.25) is 0 Å². The van der Waals surface area contributed by atoms with Crippen LogP contribution in [-0.2, 0) is 14.2 Å². The smallest absolute Gasteiger partial charge is 0.175 e. The molecule has 0 aliphatic rings. The quantitative estimate of drug-likeness (QED) is 0.560. The van der Waals surface area contributed by atoms with Gasteiger partial charge in [0.1, 0.15) is 0 Å². The molecule has 1 atom stereocenters. The molecule has 17 heavy (non-hydrogen) atoms. The summed E-state index contributed by atoms with van der Waals surface area (Å²) in [5.74, 6) is 0. The van der Waals surface area contributed by atoms with Gasteiger partial charge in [-0.2, -0.15) is 0 Å². The van der Waals surface area contributed by atoms with Gasteiger partial charge in [-0.25, -0.2) is 0 Å². The monoisotopic (exact) mass is 266 g/mol.